The Morgan fingerprint density at radius 2 is 1.86 bits per heavy atom. The third kappa shape index (κ3) is 1.38. The summed E-state index contributed by atoms with van der Waals surface area (Å²) in [5.41, 5.74) is -0.794. The fraction of sp³-hybridized carbons (Fsp3) is 0.667. The largest absolute Gasteiger partial charge is 0.440 e. The first-order chi connectivity index (χ1) is 6.28. The highest BCUT2D eigenvalue weighted by molar-refractivity contribution is 6.03. The molecule has 0 saturated carbocycles. The molecule has 1 aliphatic rings. The molecule has 1 saturated heterocycles. The van der Waals surface area contributed by atoms with E-state index < -0.39 is 23.5 Å². The Bertz CT molecular complexity index is 308. The molecule has 0 spiro atoms. The number of β-lactam (4-membered cyclic amide) rings is 1. The first kappa shape index (κ1) is 10.7. The summed E-state index contributed by atoms with van der Waals surface area (Å²) in [4.78, 5) is 34.2. The summed E-state index contributed by atoms with van der Waals surface area (Å²) < 4.78 is 4.89. The predicted octanol–water partition coefficient (Wildman–Crippen LogP) is 0.290. The maximum absolute atomic E-state index is 11.4. The van der Waals surface area contributed by atoms with Gasteiger partial charge in [0.2, 0.25) is 11.8 Å². The lowest BCUT2D eigenvalue weighted by Crippen LogP contribution is -2.69. The van der Waals surface area contributed by atoms with Gasteiger partial charge < -0.3 is 4.74 Å². The van der Waals surface area contributed by atoms with Crippen LogP contribution < -0.4 is 0 Å². The van der Waals surface area contributed by atoms with Gasteiger partial charge in [0, 0.05) is 13.8 Å². The molecule has 0 aliphatic carbocycles. The maximum atomic E-state index is 11.4. The number of amides is 2. The molecule has 0 bridgehead atoms. The van der Waals surface area contributed by atoms with Crippen LogP contribution in [0.2, 0.25) is 0 Å². The zero-order valence-corrected chi connectivity index (χ0v) is 8.66. The van der Waals surface area contributed by atoms with Crippen molar-refractivity contribution in [3.63, 3.8) is 0 Å². The molecule has 1 atom stereocenters. The van der Waals surface area contributed by atoms with Crippen molar-refractivity contribution < 1.29 is 19.1 Å². The second-order valence-electron chi connectivity index (χ2n) is 3.88. The summed E-state index contributed by atoms with van der Waals surface area (Å²) in [6.07, 6.45) is -0.759. The van der Waals surface area contributed by atoms with Gasteiger partial charge in [-0.3, -0.25) is 14.4 Å². The molecule has 2 amide bonds. The van der Waals surface area contributed by atoms with Crippen LogP contribution in [0.1, 0.15) is 27.7 Å². The van der Waals surface area contributed by atoms with Gasteiger partial charge in [-0.25, -0.2) is 4.90 Å². The zero-order valence-electron chi connectivity index (χ0n) is 8.66. The third-order valence-electron chi connectivity index (χ3n) is 2.24. The SMILES string of the molecule is CC(=O)OC1N(C(C)=O)C(=O)C1(C)C. The Kier molecular flexibility index (Phi) is 2.35. The Morgan fingerprint density at radius 1 is 1.36 bits per heavy atom. The highest BCUT2D eigenvalue weighted by Crippen LogP contribution is 2.39. The minimum absolute atomic E-state index is 0.309. The second-order valence-corrected chi connectivity index (χ2v) is 3.88. The van der Waals surface area contributed by atoms with Crippen LogP contribution in [0, 0.1) is 5.41 Å². The van der Waals surface area contributed by atoms with Crippen LogP contribution >= 0.6 is 0 Å². The molecule has 5 heteroatoms. The monoisotopic (exact) mass is 199 g/mol. The summed E-state index contributed by atoms with van der Waals surface area (Å²) in [6.45, 7) is 5.80. The van der Waals surface area contributed by atoms with Gasteiger partial charge in [0.25, 0.3) is 0 Å². The molecule has 1 aliphatic heterocycles. The first-order valence-corrected chi connectivity index (χ1v) is 4.30. The van der Waals surface area contributed by atoms with Gasteiger partial charge in [-0.05, 0) is 13.8 Å². The van der Waals surface area contributed by atoms with Gasteiger partial charge in [-0.15, -0.1) is 0 Å². The molecule has 0 aromatic heterocycles. The minimum atomic E-state index is -0.794. The van der Waals surface area contributed by atoms with Crippen molar-refractivity contribution in [1.82, 2.24) is 4.90 Å². The highest BCUT2D eigenvalue weighted by Gasteiger charge is 2.58. The third-order valence-corrected chi connectivity index (χ3v) is 2.24. The van der Waals surface area contributed by atoms with Gasteiger partial charge in [0.05, 0.1) is 0 Å². The molecule has 0 radical (unpaired) electrons. The lowest BCUT2D eigenvalue weighted by atomic mass is 9.80. The minimum Gasteiger partial charge on any atom is -0.440 e. The smallest absolute Gasteiger partial charge is 0.304 e. The number of hydrogen-bond acceptors (Lipinski definition) is 4. The number of likely N-dealkylation sites (tertiary alicyclic amines) is 1. The fourth-order valence-electron chi connectivity index (χ4n) is 1.44. The number of carbonyl (C=O) groups excluding carboxylic acids is 3. The molecule has 1 unspecified atom stereocenters. The lowest BCUT2D eigenvalue weighted by molar-refractivity contribution is -0.213. The van der Waals surface area contributed by atoms with E-state index in [2.05, 4.69) is 0 Å². The summed E-state index contributed by atoms with van der Waals surface area (Å²) in [5, 5.41) is 0. The molecular weight excluding hydrogens is 186 g/mol. The van der Waals surface area contributed by atoms with Crippen molar-refractivity contribution in [2.75, 3.05) is 0 Å². The normalized spacial score (nSPS) is 24.1. The zero-order chi connectivity index (χ0) is 11.1. The quantitative estimate of drug-likeness (QED) is 0.450. The van der Waals surface area contributed by atoms with E-state index in [1.807, 2.05) is 0 Å². The molecule has 5 nitrogen and oxygen atoms in total. The van der Waals surface area contributed by atoms with Crippen molar-refractivity contribution in [1.29, 1.82) is 0 Å². The molecule has 1 rings (SSSR count). The molecular formula is C9H13NO4. The molecule has 78 valence electrons. The van der Waals surface area contributed by atoms with Gasteiger partial charge in [0.1, 0.15) is 5.41 Å². The van der Waals surface area contributed by atoms with Gasteiger partial charge in [0.15, 0.2) is 6.23 Å². The van der Waals surface area contributed by atoms with E-state index in [4.69, 9.17) is 4.74 Å². The van der Waals surface area contributed by atoms with Gasteiger partial charge in [-0.1, -0.05) is 0 Å². The molecule has 0 aromatic carbocycles. The van der Waals surface area contributed by atoms with Gasteiger partial charge >= 0.3 is 5.97 Å². The van der Waals surface area contributed by atoms with Crippen LogP contribution in [-0.2, 0) is 19.1 Å². The van der Waals surface area contributed by atoms with E-state index in [0.29, 0.717) is 0 Å². The second kappa shape index (κ2) is 3.08. The average Bonchev–Trinajstić information content (AvgIpc) is 2.02. The average molecular weight is 199 g/mol. The van der Waals surface area contributed by atoms with Crippen LogP contribution in [0.4, 0.5) is 0 Å². The molecule has 1 heterocycles. The molecule has 14 heavy (non-hydrogen) atoms. The molecule has 0 N–H and O–H groups in total. The van der Waals surface area contributed by atoms with E-state index in [9.17, 15) is 14.4 Å². The summed E-state index contributed by atoms with van der Waals surface area (Å²) >= 11 is 0. The van der Waals surface area contributed by atoms with Crippen LogP contribution in [0.15, 0.2) is 0 Å². The van der Waals surface area contributed by atoms with E-state index in [1.165, 1.54) is 13.8 Å². The Labute approximate surface area is 82.0 Å². The Hall–Kier alpha value is -1.39. The summed E-state index contributed by atoms with van der Waals surface area (Å²) in [5.74, 6) is -1.21. The predicted molar refractivity (Wildman–Crippen MR) is 46.9 cm³/mol. The highest BCUT2D eigenvalue weighted by atomic mass is 16.6. The van der Waals surface area contributed by atoms with Crippen molar-refractivity contribution in [3.05, 3.63) is 0 Å². The number of ether oxygens (including phenoxy) is 1. The van der Waals surface area contributed by atoms with Crippen LogP contribution in [0.25, 0.3) is 0 Å². The summed E-state index contributed by atoms with van der Waals surface area (Å²) in [7, 11) is 0. The van der Waals surface area contributed by atoms with Crippen molar-refractivity contribution in [3.8, 4) is 0 Å². The maximum Gasteiger partial charge on any atom is 0.304 e. The number of carbonyl (C=O) groups is 3. The van der Waals surface area contributed by atoms with E-state index in [1.54, 1.807) is 13.8 Å². The molecule has 0 aromatic rings. The Balaban J connectivity index is 2.85. The first-order valence-electron chi connectivity index (χ1n) is 4.30. The van der Waals surface area contributed by atoms with Crippen LogP contribution in [-0.4, -0.2) is 28.9 Å². The van der Waals surface area contributed by atoms with E-state index >= 15 is 0 Å². The number of imide groups is 1. The lowest BCUT2D eigenvalue weighted by Gasteiger charge is -2.49. The van der Waals surface area contributed by atoms with E-state index in [0.717, 1.165) is 4.90 Å². The van der Waals surface area contributed by atoms with Crippen molar-refractivity contribution >= 4 is 17.8 Å². The number of hydrogen-bond donors (Lipinski definition) is 0. The van der Waals surface area contributed by atoms with Crippen LogP contribution in [0.3, 0.4) is 0 Å². The van der Waals surface area contributed by atoms with Gasteiger partial charge in [-0.2, -0.15) is 0 Å². The van der Waals surface area contributed by atoms with Crippen molar-refractivity contribution in [2.45, 2.75) is 33.9 Å². The number of nitrogens with zero attached hydrogens (tertiary/aromatic N) is 1. The van der Waals surface area contributed by atoms with E-state index in [-0.39, 0.29) is 5.91 Å². The molecule has 1 fully saturated rings. The topological polar surface area (TPSA) is 63.7 Å². The van der Waals surface area contributed by atoms with Crippen molar-refractivity contribution in [2.24, 2.45) is 5.41 Å². The standard InChI is InChI=1S/C9H13NO4/c1-5(11)10-7(13)9(3,4)8(10)14-6(2)12/h8H,1-4H3. The number of esters is 1. The fourth-order valence-corrected chi connectivity index (χ4v) is 1.44. The Morgan fingerprint density at radius 3 is 2.21 bits per heavy atom. The summed E-state index contributed by atoms with van der Waals surface area (Å²) in [6, 6.07) is 0. The van der Waals surface area contributed by atoms with Crippen LogP contribution in [0.5, 0.6) is 0 Å². The number of rotatable bonds is 1.